The van der Waals surface area contributed by atoms with E-state index in [0.29, 0.717) is 11.5 Å². The number of nitrogens with one attached hydrogen (secondary N) is 1. The van der Waals surface area contributed by atoms with Gasteiger partial charge in [-0.2, -0.15) is 0 Å². The average Bonchev–Trinajstić information content (AvgIpc) is 2.55. The van der Waals surface area contributed by atoms with Crippen LogP contribution in [0.5, 0.6) is 0 Å². The van der Waals surface area contributed by atoms with Gasteiger partial charge in [0.25, 0.3) is 0 Å². The van der Waals surface area contributed by atoms with Crippen molar-refractivity contribution in [2.45, 2.75) is 39.2 Å². The van der Waals surface area contributed by atoms with Crippen LogP contribution >= 0.6 is 0 Å². The molecule has 0 amide bonds. The van der Waals surface area contributed by atoms with E-state index in [4.69, 9.17) is 4.74 Å². The number of hydrogen-bond donors (Lipinski definition) is 1. The van der Waals surface area contributed by atoms with Crippen molar-refractivity contribution < 1.29 is 4.74 Å². The lowest BCUT2D eigenvalue weighted by molar-refractivity contribution is 0.0164. The molecule has 0 radical (unpaired) electrons. The van der Waals surface area contributed by atoms with Gasteiger partial charge in [-0.15, -0.1) is 0 Å². The highest BCUT2D eigenvalue weighted by atomic mass is 16.5. The highest BCUT2D eigenvalue weighted by molar-refractivity contribution is 4.94. The van der Waals surface area contributed by atoms with Gasteiger partial charge in [0.2, 0.25) is 0 Å². The zero-order valence-electron chi connectivity index (χ0n) is 8.81. The molecular formula is C11H21NO. The third kappa shape index (κ3) is 2.44. The van der Waals surface area contributed by atoms with Crippen LogP contribution in [0.2, 0.25) is 0 Å². The molecule has 1 N–H and O–H groups in total. The van der Waals surface area contributed by atoms with Crippen molar-refractivity contribution in [1.82, 2.24) is 5.32 Å². The minimum atomic E-state index is 0.521. The largest absolute Gasteiger partial charge is 0.376 e. The molecule has 1 heterocycles. The van der Waals surface area contributed by atoms with Crippen molar-refractivity contribution in [1.29, 1.82) is 0 Å². The molecule has 1 unspecified atom stereocenters. The summed E-state index contributed by atoms with van der Waals surface area (Å²) in [6, 6.07) is 0. The van der Waals surface area contributed by atoms with Gasteiger partial charge in [-0.3, -0.25) is 0 Å². The zero-order chi connectivity index (χ0) is 9.31. The molecule has 0 bridgehead atoms. The fraction of sp³-hybridized carbons (Fsp3) is 1.00. The van der Waals surface area contributed by atoms with Crippen molar-refractivity contribution in [2.75, 3.05) is 19.7 Å². The minimum Gasteiger partial charge on any atom is -0.376 e. The summed E-state index contributed by atoms with van der Waals surface area (Å²) in [7, 11) is 0. The van der Waals surface area contributed by atoms with E-state index in [-0.39, 0.29) is 0 Å². The summed E-state index contributed by atoms with van der Waals surface area (Å²) in [6.07, 6.45) is 4.57. The SMILES string of the molecule is CC1(C)CC1CCCOC1CNC1. The van der Waals surface area contributed by atoms with Crippen molar-refractivity contribution in [3.05, 3.63) is 0 Å². The highest BCUT2D eigenvalue weighted by Gasteiger charge is 2.44. The van der Waals surface area contributed by atoms with Crippen LogP contribution in [0.1, 0.15) is 33.1 Å². The van der Waals surface area contributed by atoms with Gasteiger partial charge in [0.15, 0.2) is 0 Å². The summed E-state index contributed by atoms with van der Waals surface area (Å²) in [5.74, 6) is 0.982. The number of ether oxygens (including phenoxy) is 1. The van der Waals surface area contributed by atoms with Crippen LogP contribution in [0, 0.1) is 11.3 Å². The van der Waals surface area contributed by atoms with Gasteiger partial charge in [-0.05, 0) is 30.6 Å². The summed E-state index contributed by atoms with van der Waals surface area (Å²) >= 11 is 0. The first kappa shape index (κ1) is 9.47. The molecule has 2 aliphatic rings. The molecule has 0 spiro atoms. The van der Waals surface area contributed by atoms with Crippen molar-refractivity contribution in [2.24, 2.45) is 11.3 Å². The van der Waals surface area contributed by atoms with Crippen LogP contribution in [-0.2, 0) is 4.74 Å². The molecule has 1 saturated carbocycles. The normalized spacial score (nSPS) is 31.4. The lowest BCUT2D eigenvalue weighted by atomic mass is 10.1. The van der Waals surface area contributed by atoms with Gasteiger partial charge in [-0.25, -0.2) is 0 Å². The Hall–Kier alpha value is -0.0800. The van der Waals surface area contributed by atoms with E-state index in [2.05, 4.69) is 19.2 Å². The van der Waals surface area contributed by atoms with Gasteiger partial charge in [0, 0.05) is 19.7 Å². The zero-order valence-corrected chi connectivity index (χ0v) is 8.81. The van der Waals surface area contributed by atoms with E-state index < -0.39 is 0 Å². The summed E-state index contributed by atoms with van der Waals surface area (Å²) in [5, 5.41) is 3.21. The Morgan fingerprint density at radius 2 is 2.08 bits per heavy atom. The lowest BCUT2D eigenvalue weighted by Crippen LogP contribution is -2.48. The van der Waals surface area contributed by atoms with Crippen LogP contribution in [0.25, 0.3) is 0 Å². The van der Waals surface area contributed by atoms with Crippen LogP contribution < -0.4 is 5.32 Å². The van der Waals surface area contributed by atoms with Crippen LogP contribution in [0.4, 0.5) is 0 Å². The molecule has 1 aliphatic heterocycles. The molecule has 2 nitrogen and oxygen atoms in total. The second-order valence-electron chi connectivity index (χ2n) is 5.18. The third-order valence-electron chi connectivity index (χ3n) is 3.51. The maximum Gasteiger partial charge on any atom is 0.0823 e. The van der Waals surface area contributed by atoms with Crippen LogP contribution in [0.15, 0.2) is 0 Å². The Morgan fingerprint density at radius 1 is 1.38 bits per heavy atom. The molecule has 2 heteroatoms. The Balaban J connectivity index is 1.45. The fourth-order valence-electron chi connectivity index (χ4n) is 2.03. The predicted molar refractivity (Wildman–Crippen MR) is 53.7 cm³/mol. The predicted octanol–water partition coefficient (Wildman–Crippen LogP) is 1.80. The average molecular weight is 183 g/mol. The maximum atomic E-state index is 5.66. The number of hydrogen-bond acceptors (Lipinski definition) is 2. The Morgan fingerprint density at radius 3 is 2.54 bits per heavy atom. The first-order valence-corrected chi connectivity index (χ1v) is 5.51. The molecule has 2 fully saturated rings. The first-order chi connectivity index (χ1) is 6.18. The van der Waals surface area contributed by atoms with Gasteiger partial charge < -0.3 is 10.1 Å². The second kappa shape index (κ2) is 3.58. The molecule has 0 aromatic rings. The van der Waals surface area contributed by atoms with Gasteiger partial charge in [0.05, 0.1) is 6.10 Å². The Labute approximate surface area is 81.0 Å². The van der Waals surface area contributed by atoms with Gasteiger partial charge in [0.1, 0.15) is 0 Å². The molecular weight excluding hydrogens is 162 g/mol. The van der Waals surface area contributed by atoms with Gasteiger partial charge in [-0.1, -0.05) is 13.8 Å². The Bertz CT molecular complexity index is 175. The molecule has 1 aliphatic carbocycles. The van der Waals surface area contributed by atoms with Crippen molar-refractivity contribution in [3.63, 3.8) is 0 Å². The van der Waals surface area contributed by atoms with E-state index in [0.717, 1.165) is 25.6 Å². The molecule has 1 atom stereocenters. The fourth-order valence-corrected chi connectivity index (χ4v) is 2.03. The first-order valence-electron chi connectivity index (χ1n) is 5.51. The van der Waals surface area contributed by atoms with E-state index in [1.165, 1.54) is 19.3 Å². The standard InChI is InChI=1S/C11H21NO/c1-11(2)6-9(11)4-3-5-13-10-7-12-8-10/h9-10,12H,3-8H2,1-2H3. The second-order valence-corrected chi connectivity index (χ2v) is 5.18. The van der Waals surface area contributed by atoms with E-state index in [1.807, 2.05) is 0 Å². The van der Waals surface area contributed by atoms with E-state index >= 15 is 0 Å². The third-order valence-corrected chi connectivity index (χ3v) is 3.51. The summed E-state index contributed by atoms with van der Waals surface area (Å²) < 4.78 is 5.66. The van der Waals surface area contributed by atoms with E-state index in [1.54, 1.807) is 0 Å². The molecule has 1 saturated heterocycles. The maximum absolute atomic E-state index is 5.66. The molecule has 76 valence electrons. The molecule has 2 rings (SSSR count). The highest BCUT2D eigenvalue weighted by Crippen LogP contribution is 2.53. The lowest BCUT2D eigenvalue weighted by Gasteiger charge is -2.27. The topological polar surface area (TPSA) is 21.3 Å². The van der Waals surface area contributed by atoms with Gasteiger partial charge >= 0.3 is 0 Å². The molecule has 0 aromatic carbocycles. The molecule has 0 aromatic heterocycles. The quantitative estimate of drug-likeness (QED) is 0.656. The summed E-state index contributed by atoms with van der Waals surface area (Å²) in [4.78, 5) is 0. The van der Waals surface area contributed by atoms with Crippen LogP contribution in [-0.4, -0.2) is 25.8 Å². The number of rotatable bonds is 5. The van der Waals surface area contributed by atoms with E-state index in [9.17, 15) is 0 Å². The summed E-state index contributed by atoms with van der Waals surface area (Å²) in [5.41, 5.74) is 0.651. The van der Waals surface area contributed by atoms with Crippen molar-refractivity contribution >= 4 is 0 Å². The Kier molecular flexibility index (Phi) is 2.61. The smallest absolute Gasteiger partial charge is 0.0823 e. The van der Waals surface area contributed by atoms with Crippen molar-refractivity contribution in [3.8, 4) is 0 Å². The summed E-state index contributed by atoms with van der Waals surface area (Å²) in [6.45, 7) is 7.84. The minimum absolute atomic E-state index is 0.521. The van der Waals surface area contributed by atoms with Crippen LogP contribution in [0.3, 0.4) is 0 Å². The monoisotopic (exact) mass is 183 g/mol. The molecule has 13 heavy (non-hydrogen) atoms.